The highest BCUT2D eigenvalue weighted by atomic mass is 28.4. The number of fused-ring (bicyclic) bond motifs is 9. The Kier molecular flexibility index (Phi) is 30.7. The maximum atomic E-state index is 13.3. The van der Waals surface area contributed by atoms with Gasteiger partial charge < -0.3 is 23.7 Å². The molecule has 0 radical (unpaired) electrons. The molecule has 3 aliphatic heterocycles. The topological polar surface area (TPSA) is 114 Å². The molecule has 1 aromatic carbocycles. The lowest BCUT2D eigenvalue weighted by Gasteiger charge is -2.51. The van der Waals surface area contributed by atoms with E-state index in [2.05, 4.69) is 213 Å². The van der Waals surface area contributed by atoms with Crippen LogP contribution in [0.25, 0.3) is 6.08 Å². The Labute approximate surface area is 653 Å². The fourth-order valence-electron chi connectivity index (χ4n) is 21.2. The lowest BCUT2D eigenvalue weighted by atomic mass is 9.69. The van der Waals surface area contributed by atoms with Gasteiger partial charge in [-0.25, -0.2) is 14.4 Å². The van der Waals surface area contributed by atoms with E-state index in [1.165, 1.54) is 99.3 Å². The summed E-state index contributed by atoms with van der Waals surface area (Å²) in [4.78, 5) is 49.2. The minimum Gasteiger partial charge on any atom is -0.488 e. The number of hydrogen-bond donors (Lipinski definition) is 0. The second-order valence-corrected chi connectivity index (χ2v) is 94.4. The third kappa shape index (κ3) is 28.6. The zero-order valence-electron chi connectivity index (χ0n) is 72.6. The summed E-state index contributed by atoms with van der Waals surface area (Å²) in [6, 6.07) is 22.1. The summed E-state index contributed by atoms with van der Waals surface area (Å²) in [6.45, 7) is 76.2. The van der Waals surface area contributed by atoms with Crippen molar-refractivity contribution in [3.8, 4) is 5.75 Å². The lowest BCUT2D eigenvalue weighted by Crippen LogP contribution is -2.58. The van der Waals surface area contributed by atoms with Crippen LogP contribution in [0, 0.1) is 41.4 Å². The Bertz CT molecular complexity index is 3150. The van der Waals surface area contributed by atoms with E-state index in [1.807, 2.05) is 6.08 Å². The van der Waals surface area contributed by atoms with Crippen molar-refractivity contribution < 1.29 is 42.9 Å². The maximum absolute atomic E-state index is 13.3. The summed E-state index contributed by atoms with van der Waals surface area (Å²) < 4.78 is 30.9. The minimum absolute atomic E-state index is 0.0860. The van der Waals surface area contributed by atoms with Crippen LogP contribution < -0.4 is 4.74 Å². The highest BCUT2D eigenvalue weighted by molar-refractivity contribution is 6.97. The molecular weight excluding hydrogens is 1440 g/mol. The van der Waals surface area contributed by atoms with Gasteiger partial charge in [0.25, 0.3) is 0 Å². The van der Waals surface area contributed by atoms with Crippen LogP contribution in [0.4, 0.5) is 0 Å². The molecule has 7 atom stereocenters. The number of hydrogen-bond acceptors (Lipinski definition) is 9. The first-order chi connectivity index (χ1) is 47.8. The largest absolute Gasteiger partial charge is 0.488 e. The predicted molar refractivity (Wildman–Crippen MR) is 476 cm³/mol. The predicted octanol–water partition coefficient (Wildman–Crippen LogP) is 25.9. The Morgan fingerprint density at radius 3 is 1.20 bits per heavy atom. The molecule has 7 unspecified atom stereocenters. The van der Waals surface area contributed by atoms with Gasteiger partial charge in [0, 0.05) is 89.4 Å². The van der Waals surface area contributed by atoms with Crippen molar-refractivity contribution >= 4 is 103 Å². The molecule has 105 heavy (non-hydrogen) atoms. The number of carbonyl (C=O) groups excluding carboxylic acids is 4. The number of rotatable bonds is 23. The molecule has 3 saturated heterocycles. The molecule has 5 saturated carbocycles. The van der Waals surface area contributed by atoms with E-state index in [0.29, 0.717) is 22.6 Å². The monoisotopic (exact) mass is 1600 g/mol. The van der Waals surface area contributed by atoms with E-state index in [4.69, 9.17) is 23.7 Å². The van der Waals surface area contributed by atoms with Crippen molar-refractivity contribution in [2.24, 2.45) is 41.4 Å². The van der Waals surface area contributed by atoms with Crippen molar-refractivity contribution in [1.29, 1.82) is 0 Å². The molecule has 18 heteroatoms. The van der Waals surface area contributed by atoms with Crippen LogP contribution in [0.5, 0.6) is 5.75 Å². The zero-order valence-corrected chi connectivity index (χ0v) is 81.6. The quantitative estimate of drug-likeness (QED) is 0.0264. The van der Waals surface area contributed by atoms with Gasteiger partial charge in [0.05, 0.1) is 5.92 Å². The lowest BCUT2D eigenvalue weighted by molar-refractivity contribution is -0.168. The first kappa shape index (κ1) is 91.4. The summed E-state index contributed by atoms with van der Waals surface area (Å²) in [5.41, 5.74) is 3.62. The average molecular weight is 1600 g/mol. The van der Waals surface area contributed by atoms with Crippen LogP contribution in [0.15, 0.2) is 79.5 Å². The maximum Gasteiger partial charge on any atom is 0.333 e. The van der Waals surface area contributed by atoms with Gasteiger partial charge in [0.15, 0.2) is 0 Å². The van der Waals surface area contributed by atoms with Crippen molar-refractivity contribution in [2.75, 3.05) is 0 Å². The molecule has 6 aliphatic carbocycles. The van der Waals surface area contributed by atoms with Gasteiger partial charge in [-0.2, -0.15) is 0 Å². The Balaban J connectivity index is 0.000000208. The Morgan fingerprint density at radius 2 is 0.810 bits per heavy atom. The van der Waals surface area contributed by atoms with E-state index >= 15 is 0 Å². The van der Waals surface area contributed by atoms with Gasteiger partial charge >= 0.3 is 23.9 Å². The highest BCUT2D eigenvalue weighted by Gasteiger charge is 2.63. The summed E-state index contributed by atoms with van der Waals surface area (Å²) in [6.07, 6.45) is 26.6. The molecule has 10 rings (SSSR count). The molecule has 0 amide bonds. The number of ether oxygens (including phenoxy) is 5. The van der Waals surface area contributed by atoms with Gasteiger partial charge in [-0.05, 0) is 213 Å². The van der Waals surface area contributed by atoms with E-state index < -0.39 is 72.7 Å². The molecular formula is C87H158O9Si9. The molecule has 4 bridgehead atoms. The molecule has 8 fully saturated rings. The van der Waals surface area contributed by atoms with E-state index in [-0.39, 0.29) is 57.8 Å². The van der Waals surface area contributed by atoms with Crippen LogP contribution in [0.1, 0.15) is 135 Å². The molecule has 9 nitrogen and oxygen atoms in total. The zero-order chi connectivity index (χ0) is 79.2. The van der Waals surface area contributed by atoms with Crippen molar-refractivity contribution in [2.45, 2.75) is 381 Å². The van der Waals surface area contributed by atoms with Gasteiger partial charge in [-0.1, -0.05) is 249 Å². The number of allylic oxidation sites excluding steroid dienone is 2. The number of carbonyl (C=O) groups is 4. The number of benzene rings is 1. The smallest absolute Gasteiger partial charge is 0.333 e. The van der Waals surface area contributed by atoms with Crippen molar-refractivity contribution in [3.05, 3.63) is 85.0 Å². The fraction of sp³-hybridized carbons (Fsp3) is 0.770. The summed E-state index contributed by atoms with van der Waals surface area (Å²) in [5.74, 6) is 5.65. The Hall–Kier alpha value is -2.45. The van der Waals surface area contributed by atoms with Gasteiger partial charge in [-0.3, -0.25) is 4.79 Å². The van der Waals surface area contributed by atoms with Gasteiger partial charge in [0.2, 0.25) is 0 Å². The van der Waals surface area contributed by atoms with Gasteiger partial charge in [-0.15, -0.1) is 0 Å². The van der Waals surface area contributed by atoms with Crippen LogP contribution in [-0.4, -0.2) is 125 Å². The van der Waals surface area contributed by atoms with Crippen LogP contribution in [0.2, 0.25) is 223 Å². The summed E-state index contributed by atoms with van der Waals surface area (Å²) in [7, 11) is -10.4. The van der Waals surface area contributed by atoms with Crippen molar-refractivity contribution in [3.63, 3.8) is 0 Å². The van der Waals surface area contributed by atoms with E-state index in [0.717, 1.165) is 123 Å². The Morgan fingerprint density at radius 1 is 0.448 bits per heavy atom. The third-order valence-corrected chi connectivity index (χ3v) is 51.0. The molecule has 0 N–H and O–H groups in total. The van der Waals surface area contributed by atoms with Crippen LogP contribution in [0.3, 0.4) is 0 Å². The SMILES string of the molecule is C=C(C)C(=O)OC1(CC[Si](C)(C)C)CCCC1.C=C(C)C(=O)OC1(C[Si](C)(C)C)CC[Si](C)(C)CC1.C=C(C)C(=O)OC1(C[Si](C)(C)C)C[Si](C)(C)C[Si](C)(C)C1.C=Cc1ccc(OC2(C[Si](C)(C)C)CC[Si](C)(C)CC2)cc1.C[Si](C)(C)CCC1(OC(=O)C2CC3CC2C2C4C=CC(C4)C32)CCCC1. The number of esters is 4. The van der Waals surface area contributed by atoms with Crippen molar-refractivity contribution in [1.82, 2.24) is 0 Å². The van der Waals surface area contributed by atoms with Crippen LogP contribution >= 0.6 is 0 Å². The average Bonchev–Trinajstić information content (AvgIpc) is 1.56. The summed E-state index contributed by atoms with van der Waals surface area (Å²) >= 11 is 0. The summed E-state index contributed by atoms with van der Waals surface area (Å²) in [5, 5.41) is 0. The van der Waals surface area contributed by atoms with Gasteiger partial charge in [0.1, 0.15) is 33.8 Å². The second kappa shape index (κ2) is 35.3. The first-order valence-electron chi connectivity index (χ1n) is 41.8. The first-order valence-corrected chi connectivity index (χ1v) is 74.0. The van der Waals surface area contributed by atoms with Crippen LogP contribution in [-0.2, 0) is 38.1 Å². The molecule has 1 aromatic rings. The van der Waals surface area contributed by atoms with E-state index in [9.17, 15) is 19.2 Å². The highest BCUT2D eigenvalue weighted by Crippen LogP contribution is 2.67. The normalized spacial score (nSPS) is 27.0. The minimum atomic E-state index is -1.31. The standard InChI is InChI=1S/C23H36O2Si.C19H32OSi2.C16H34O2Si3.C15H30O2Si2.C14H26O2Si/c1-26(2,3)11-10-23(8-4-5-9-23)25-22(24)19-14-17-13-18(19)21-16-7-6-15(12-16)20(17)21;1-7-17-8-10-18(11-9-17)20-19(16-21(2,3)4)12-14-22(5,6)15-13-19;1-14(2)15(17)18-16(10-19(3,4)5)11-20(6,7)13-21(8,9)12-16;1-13(2)14(16)17-15(12-18(3,4)5)8-10-19(6,7)11-9-15;1-12(2)13(15)16-14(8-6-7-9-14)10-11-17(3,4)5/h6-7,15-21H,4-5,8-14H2,1-3H3;7-11H,1,12-16H2,2-6H3;1,10-13H2,2-9H3;1,8-12H2,2-7H3;1,6-11H2,2-5H3. The van der Waals surface area contributed by atoms with E-state index in [1.54, 1.807) is 20.8 Å². The fourth-order valence-corrected chi connectivity index (χ4v) is 51.8. The second-order valence-electron chi connectivity index (χ2n) is 45.3. The third-order valence-electron chi connectivity index (χ3n) is 25.1. The molecule has 3 heterocycles. The molecule has 0 aromatic heterocycles. The molecule has 9 aliphatic rings. The molecule has 596 valence electrons. The molecule has 0 spiro atoms.